The second-order valence-electron chi connectivity index (χ2n) is 1.80. The lowest BCUT2D eigenvalue weighted by molar-refractivity contribution is 0.252. The second-order valence-corrected chi connectivity index (χ2v) is 1.80. The van der Waals surface area contributed by atoms with Crippen LogP contribution in [0.5, 0.6) is 0 Å². The third-order valence-corrected chi connectivity index (χ3v) is 1.11. The highest BCUT2D eigenvalue weighted by Crippen LogP contribution is 2.08. The van der Waals surface area contributed by atoms with Crippen molar-refractivity contribution >= 4 is 0 Å². The third kappa shape index (κ3) is 1.31. The summed E-state index contributed by atoms with van der Waals surface area (Å²) in [5, 5.41) is 8.52. The van der Waals surface area contributed by atoms with Gasteiger partial charge in [0.15, 0.2) is 0 Å². The maximum absolute atomic E-state index is 8.52. The van der Waals surface area contributed by atoms with Gasteiger partial charge in [0.1, 0.15) is 5.76 Å². The summed E-state index contributed by atoms with van der Waals surface area (Å²) in [6.07, 6.45) is 1.53. The summed E-state index contributed by atoms with van der Waals surface area (Å²) >= 11 is 0. The topological polar surface area (TPSA) is 59.4 Å². The molecule has 0 saturated heterocycles. The van der Waals surface area contributed by atoms with Crippen LogP contribution in [-0.2, 0) is 0 Å². The highest BCUT2D eigenvalue weighted by Gasteiger charge is 2.04. The van der Waals surface area contributed by atoms with Crippen LogP contribution >= 0.6 is 0 Å². The molecule has 0 spiro atoms. The first-order chi connectivity index (χ1) is 4.34. The molecule has 1 aromatic heterocycles. The average Bonchev–Trinajstić information content (AvgIpc) is 2.37. The third-order valence-electron chi connectivity index (χ3n) is 1.11. The van der Waals surface area contributed by atoms with Gasteiger partial charge in [0.2, 0.25) is 0 Å². The molecule has 9 heavy (non-hydrogen) atoms. The molecule has 0 aliphatic carbocycles. The van der Waals surface area contributed by atoms with Gasteiger partial charge in [-0.15, -0.1) is 0 Å². The number of aliphatic hydroxyl groups is 1. The van der Waals surface area contributed by atoms with Crippen molar-refractivity contribution in [2.45, 2.75) is 6.04 Å². The summed E-state index contributed by atoms with van der Waals surface area (Å²) in [5.41, 5.74) is 5.39. The molecular weight excluding hydrogens is 118 g/mol. The van der Waals surface area contributed by atoms with Gasteiger partial charge in [0, 0.05) is 0 Å². The van der Waals surface area contributed by atoms with Gasteiger partial charge >= 0.3 is 0 Å². The minimum Gasteiger partial charge on any atom is -0.468 e. The van der Waals surface area contributed by atoms with E-state index in [1.54, 1.807) is 12.1 Å². The monoisotopic (exact) mass is 127 g/mol. The van der Waals surface area contributed by atoms with E-state index in [1.807, 2.05) is 0 Å². The van der Waals surface area contributed by atoms with Crippen molar-refractivity contribution in [1.82, 2.24) is 0 Å². The van der Waals surface area contributed by atoms with Crippen molar-refractivity contribution in [3.63, 3.8) is 0 Å². The van der Waals surface area contributed by atoms with Crippen LogP contribution in [0.25, 0.3) is 0 Å². The predicted molar refractivity (Wildman–Crippen MR) is 32.7 cm³/mol. The van der Waals surface area contributed by atoms with Crippen molar-refractivity contribution in [2.75, 3.05) is 6.61 Å². The smallest absolute Gasteiger partial charge is 0.122 e. The van der Waals surface area contributed by atoms with Gasteiger partial charge in [-0.2, -0.15) is 0 Å². The molecule has 1 heterocycles. The minimum atomic E-state index is -0.375. The van der Waals surface area contributed by atoms with Crippen LogP contribution in [-0.4, -0.2) is 11.7 Å². The quantitative estimate of drug-likeness (QED) is 0.599. The van der Waals surface area contributed by atoms with Crippen LogP contribution in [0.15, 0.2) is 22.8 Å². The molecule has 0 radical (unpaired) electrons. The van der Waals surface area contributed by atoms with Crippen molar-refractivity contribution in [2.24, 2.45) is 5.73 Å². The first kappa shape index (κ1) is 6.32. The number of hydrogen-bond donors (Lipinski definition) is 2. The lowest BCUT2D eigenvalue weighted by Crippen LogP contribution is -2.13. The maximum atomic E-state index is 8.52. The van der Waals surface area contributed by atoms with Gasteiger partial charge in [-0.25, -0.2) is 0 Å². The van der Waals surface area contributed by atoms with Gasteiger partial charge in [-0.3, -0.25) is 0 Å². The van der Waals surface area contributed by atoms with E-state index in [4.69, 9.17) is 15.3 Å². The Bertz CT molecular complexity index is 160. The Labute approximate surface area is 53.1 Å². The Balaban J connectivity index is 2.65. The minimum absolute atomic E-state index is 0.0759. The van der Waals surface area contributed by atoms with E-state index in [0.717, 1.165) is 0 Å². The number of nitrogens with two attached hydrogens (primary N) is 1. The molecule has 3 N–H and O–H groups in total. The van der Waals surface area contributed by atoms with Crippen molar-refractivity contribution in [3.05, 3.63) is 24.2 Å². The van der Waals surface area contributed by atoms with E-state index in [0.29, 0.717) is 5.76 Å². The molecule has 0 amide bonds. The molecule has 0 saturated carbocycles. The molecule has 0 aromatic carbocycles. The Kier molecular flexibility index (Phi) is 1.87. The van der Waals surface area contributed by atoms with Gasteiger partial charge in [-0.1, -0.05) is 0 Å². The highest BCUT2D eigenvalue weighted by atomic mass is 16.3. The lowest BCUT2D eigenvalue weighted by Gasteiger charge is -2.00. The zero-order valence-corrected chi connectivity index (χ0v) is 4.95. The molecule has 50 valence electrons. The molecule has 0 aliphatic heterocycles. The molecule has 0 unspecified atom stereocenters. The number of aliphatic hydroxyl groups excluding tert-OH is 1. The maximum Gasteiger partial charge on any atom is 0.122 e. The van der Waals surface area contributed by atoms with Crippen LogP contribution in [0.2, 0.25) is 0 Å². The zero-order valence-electron chi connectivity index (χ0n) is 4.95. The van der Waals surface area contributed by atoms with Crippen LogP contribution in [0.3, 0.4) is 0 Å². The Morgan fingerprint density at radius 1 is 1.78 bits per heavy atom. The van der Waals surface area contributed by atoms with E-state index < -0.39 is 0 Å². The second kappa shape index (κ2) is 2.66. The molecule has 0 aliphatic rings. The standard InChI is InChI=1S/C6H9NO2/c7-5(4-8)6-2-1-3-9-6/h1-3,5,8H,4,7H2/t5-/m1/s1. The normalized spacial score (nSPS) is 13.6. The number of rotatable bonds is 2. The fraction of sp³-hybridized carbons (Fsp3) is 0.333. The molecule has 1 rings (SSSR count). The molecule has 3 nitrogen and oxygen atoms in total. The summed E-state index contributed by atoms with van der Waals surface area (Å²) in [7, 11) is 0. The first-order valence-corrected chi connectivity index (χ1v) is 2.74. The fourth-order valence-corrected chi connectivity index (χ4v) is 0.592. The fourth-order valence-electron chi connectivity index (χ4n) is 0.592. The van der Waals surface area contributed by atoms with Crippen LogP contribution in [0.4, 0.5) is 0 Å². The molecule has 1 aromatic rings. The largest absolute Gasteiger partial charge is 0.468 e. The molecule has 3 heteroatoms. The summed E-state index contributed by atoms with van der Waals surface area (Å²) in [5.74, 6) is 0.623. The van der Waals surface area contributed by atoms with E-state index in [9.17, 15) is 0 Å². The van der Waals surface area contributed by atoms with Crippen molar-refractivity contribution in [1.29, 1.82) is 0 Å². The van der Waals surface area contributed by atoms with E-state index >= 15 is 0 Å². The summed E-state index contributed by atoms with van der Waals surface area (Å²) in [4.78, 5) is 0. The number of hydrogen-bond acceptors (Lipinski definition) is 3. The Morgan fingerprint density at radius 2 is 2.56 bits per heavy atom. The van der Waals surface area contributed by atoms with Crippen LogP contribution in [0.1, 0.15) is 11.8 Å². The van der Waals surface area contributed by atoms with Crippen LogP contribution in [0, 0.1) is 0 Å². The zero-order chi connectivity index (χ0) is 6.69. The van der Waals surface area contributed by atoms with Crippen molar-refractivity contribution in [3.8, 4) is 0 Å². The van der Waals surface area contributed by atoms with E-state index in [-0.39, 0.29) is 12.6 Å². The van der Waals surface area contributed by atoms with Gasteiger partial charge in [0.25, 0.3) is 0 Å². The summed E-state index contributed by atoms with van der Waals surface area (Å²) in [6.45, 7) is -0.0759. The van der Waals surface area contributed by atoms with Gasteiger partial charge < -0.3 is 15.3 Å². The number of furan rings is 1. The van der Waals surface area contributed by atoms with Gasteiger partial charge in [0.05, 0.1) is 18.9 Å². The summed E-state index contributed by atoms with van der Waals surface area (Å²) < 4.78 is 4.90. The summed E-state index contributed by atoms with van der Waals surface area (Å²) in [6, 6.07) is 3.10. The SMILES string of the molecule is N[C@H](CO)c1ccco1. The first-order valence-electron chi connectivity index (χ1n) is 2.74. The van der Waals surface area contributed by atoms with Crippen LogP contribution < -0.4 is 5.73 Å². The lowest BCUT2D eigenvalue weighted by atomic mass is 10.2. The molecule has 0 fully saturated rings. The average molecular weight is 127 g/mol. The van der Waals surface area contributed by atoms with Crippen molar-refractivity contribution < 1.29 is 9.52 Å². The van der Waals surface area contributed by atoms with Gasteiger partial charge in [-0.05, 0) is 12.1 Å². The molecule has 1 atom stereocenters. The Hall–Kier alpha value is -0.800. The van der Waals surface area contributed by atoms with E-state index in [2.05, 4.69) is 0 Å². The predicted octanol–water partition coefficient (Wildman–Crippen LogP) is 0.272. The molecule has 0 bridgehead atoms. The molecular formula is C6H9NO2. The highest BCUT2D eigenvalue weighted by molar-refractivity contribution is 5.02. The Morgan fingerprint density at radius 3 is 3.00 bits per heavy atom. The van der Waals surface area contributed by atoms with E-state index in [1.165, 1.54) is 6.26 Å².